The van der Waals surface area contributed by atoms with Gasteiger partial charge in [-0.05, 0) is 0 Å². The van der Waals surface area contributed by atoms with Crippen LogP contribution in [0.3, 0.4) is 0 Å². The summed E-state index contributed by atoms with van der Waals surface area (Å²) in [7, 11) is 0. The zero-order valence-corrected chi connectivity index (χ0v) is 8.38. The van der Waals surface area contributed by atoms with Gasteiger partial charge < -0.3 is 10.4 Å². The van der Waals surface area contributed by atoms with Gasteiger partial charge >= 0.3 is 5.97 Å². The van der Waals surface area contributed by atoms with E-state index in [4.69, 9.17) is 10.4 Å². The van der Waals surface area contributed by atoms with Crippen LogP contribution in [0.15, 0.2) is 12.4 Å². The lowest BCUT2D eigenvalue weighted by molar-refractivity contribution is -0.121. The van der Waals surface area contributed by atoms with Crippen molar-refractivity contribution in [2.45, 2.75) is 13.0 Å². The highest BCUT2D eigenvalue weighted by atomic mass is 16.4. The van der Waals surface area contributed by atoms with Crippen LogP contribution in [0.2, 0.25) is 0 Å². The van der Waals surface area contributed by atoms with Crippen LogP contribution in [0.5, 0.6) is 0 Å². The molecular weight excluding hydrogens is 212 g/mol. The maximum atomic E-state index is 11.2. The van der Waals surface area contributed by atoms with Crippen molar-refractivity contribution in [1.29, 1.82) is 5.26 Å². The van der Waals surface area contributed by atoms with Crippen molar-refractivity contribution in [2.24, 2.45) is 0 Å². The smallest absolute Gasteiger partial charge is 0.338 e. The fraction of sp³-hybridized carbons (Fsp3) is 0.333. The van der Waals surface area contributed by atoms with E-state index >= 15 is 0 Å². The van der Waals surface area contributed by atoms with Gasteiger partial charge in [0, 0.05) is 12.7 Å². The number of carbonyl (C=O) groups is 2. The van der Waals surface area contributed by atoms with E-state index < -0.39 is 5.97 Å². The Bertz CT molecular complexity index is 432. The summed E-state index contributed by atoms with van der Waals surface area (Å²) in [5.74, 6) is -1.40. The van der Waals surface area contributed by atoms with Gasteiger partial charge in [0.15, 0.2) is 0 Å². The zero-order chi connectivity index (χ0) is 12.0. The Morgan fingerprint density at radius 3 is 2.94 bits per heavy atom. The van der Waals surface area contributed by atoms with E-state index in [1.165, 1.54) is 17.1 Å². The Hall–Kier alpha value is -2.36. The summed E-state index contributed by atoms with van der Waals surface area (Å²) in [5, 5.41) is 23.1. The van der Waals surface area contributed by atoms with Crippen LogP contribution in [0.25, 0.3) is 0 Å². The van der Waals surface area contributed by atoms with Gasteiger partial charge in [0.05, 0.1) is 24.3 Å². The van der Waals surface area contributed by atoms with Crippen LogP contribution in [-0.2, 0) is 11.3 Å². The molecule has 0 spiro atoms. The normalized spacial score (nSPS) is 9.44. The molecular formula is C9H10N4O3. The number of nitrogens with one attached hydrogen (secondary N) is 1. The first-order valence-electron chi connectivity index (χ1n) is 4.53. The molecule has 7 nitrogen and oxygen atoms in total. The van der Waals surface area contributed by atoms with E-state index in [0.29, 0.717) is 0 Å². The number of carboxylic acid groups (broad SMARTS) is 1. The van der Waals surface area contributed by atoms with Crippen molar-refractivity contribution < 1.29 is 14.7 Å². The van der Waals surface area contributed by atoms with Crippen molar-refractivity contribution in [3.05, 3.63) is 18.0 Å². The summed E-state index contributed by atoms with van der Waals surface area (Å²) < 4.78 is 1.23. The number of carbonyl (C=O) groups excluding carboxylic acids is 1. The molecule has 0 aromatic carbocycles. The molecule has 0 aliphatic rings. The minimum atomic E-state index is -1.09. The van der Waals surface area contributed by atoms with Gasteiger partial charge in [0.2, 0.25) is 5.91 Å². The molecule has 0 atom stereocenters. The molecule has 2 N–H and O–H groups in total. The van der Waals surface area contributed by atoms with Crippen LogP contribution in [0, 0.1) is 11.3 Å². The molecule has 0 saturated carbocycles. The first-order valence-corrected chi connectivity index (χ1v) is 4.53. The first kappa shape index (κ1) is 11.7. The Kier molecular flexibility index (Phi) is 4.03. The molecule has 0 bridgehead atoms. The van der Waals surface area contributed by atoms with Gasteiger partial charge in [-0.15, -0.1) is 0 Å². The third-order valence-electron chi connectivity index (χ3n) is 1.74. The lowest BCUT2D eigenvalue weighted by Gasteiger charge is -2.02. The summed E-state index contributed by atoms with van der Waals surface area (Å²) in [6, 6.07) is 1.89. The minimum Gasteiger partial charge on any atom is -0.478 e. The van der Waals surface area contributed by atoms with E-state index in [1.807, 2.05) is 6.07 Å². The second-order valence-electron chi connectivity index (χ2n) is 2.99. The Balaban J connectivity index is 2.44. The van der Waals surface area contributed by atoms with E-state index in [0.717, 1.165) is 0 Å². The maximum Gasteiger partial charge on any atom is 0.338 e. The summed E-state index contributed by atoms with van der Waals surface area (Å²) in [6.45, 7) is 0.223. The molecule has 0 aliphatic carbocycles. The molecule has 1 aromatic heterocycles. The van der Waals surface area contributed by atoms with Crippen LogP contribution in [0.4, 0.5) is 0 Å². The van der Waals surface area contributed by atoms with E-state index in [9.17, 15) is 9.59 Å². The highest BCUT2D eigenvalue weighted by Gasteiger charge is 2.08. The van der Waals surface area contributed by atoms with Crippen molar-refractivity contribution in [3.8, 4) is 6.07 Å². The monoisotopic (exact) mass is 222 g/mol. The third-order valence-corrected chi connectivity index (χ3v) is 1.74. The highest BCUT2D eigenvalue weighted by molar-refractivity contribution is 5.87. The number of hydrogen-bond acceptors (Lipinski definition) is 4. The first-order chi connectivity index (χ1) is 7.63. The number of aromatic carboxylic acids is 1. The number of hydrogen-bond donors (Lipinski definition) is 2. The number of nitriles is 1. The third kappa shape index (κ3) is 3.42. The minimum absolute atomic E-state index is 0.0322. The molecule has 0 saturated heterocycles. The Morgan fingerprint density at radius 1 is 1.62 bits per heavy atom. The van der Waals surface area contributed by atoms with Gasteiger partial charge in [0.25, 0.3) is 0 Å². The molecule has 84 valence electrons. The molecule has 0 unspecified atom stereocenters. The molecule has 1 aromatic rings. The standard InChI is InChI=1S/C9H10N4O3/c10-2-1-3-11-8(14)6-13-5-7(4-12-13)9(15)16/h4-5H,1,3,6H2,(H,11,14)(H,15,16). The van der Waals surface area contributed by atoms with Gasteiger partial charge in [-0.1, -0.05) is 0 Å². The summed E-state index contributed by atoms with van der Waals surface area (Å²) in [6.07, 6.45) is 2.68. The van der Waals surface area contributed by atoms with Crippen molar-refractivity contribution in [2.75, 3.05) is 6.54 Å². The van der Waals surface area contributed by atoms with Gasteiger partial charge in [-0.2, -0.15) is 10.4 Å². The summed E-state index contributed by atoms with van der Waals surface area (Å²) >= 11 is 0. The Labute approximate surface area is 91.3 Å². The highest BCUT2D eigenvalue weighted by Crippen LogP contribution is 1.96. The van der Waals surface area contributed by atoms with Crippen molar-refractivity contribution >= 4 is 11.9 Å². The van der Waals surface area contributed by atoms with Crippen LogP contribution in [-0.4, -0.2) is 33.3 Å². The predicted octanol–water partition coefficient (Wildman–Crippen LogP) is -0.389. The molecule has 1 rings (SSSR count). The fourth-order valence-corrected chi connectivity index (χ4v) is 1.02. The number of nitrogens with zero attached hydrogens (tertiary/aromatic N) is 3. The Morgan fingerprint density at radius 2 is 2.38 bits per heavy atom. The average molecular weight is 222 g/mol. The number of rotatable bonds is 5. The number of carboxylic acids is 1. The molecule has 16 heavy (non-hydrogen) atoms. The van der Waals surface area contributed by atoms with Gasteiger partial charge in [-0.25, -0.2) is 4.79 Å². The number of amides is 1. The lowest BCUT2D eigenvalue weighted by Crippen LogP contribution is -2.28. The van der Waals surface area contributed by atoms with Crippen molar-refractivity contribution in [3.63, 3.8) is 0 Å². The molecule has 0 radical (unpaired) electrons. The molecule has 7 heteroatoms. The SMILES string of the molecule is N#CCCNC(=O)Cn1cc(C(=O)O)cn1. The van der Waals surface area contributed by atoms with Gasteiger partial charge in [0.1, 0.15) is 6.54 Å². The van der Waals surface area contributed by atoms with Gasteiger partial charge in [-0.3, -0.25) is 9.48 Å². The van der Waals surface area contributed by atoms with E-state index in [2.05, 4.69) is 10.4 Å². The molecule has 0 fully saturated rings. The van der Waals surface area contributed by atoms with E-state index in [-0.39, 0.29) is 31.0 Å². The topological polar surface area (TPSA) is 108 Å². The summed E-state index contributed by atoms with van der Waals surface area (Å²) in [4.78, 5) is 21.8. The second-order valence-corrected chi connectivity index (χ2v) is 2.99. The van der Waals surface area contributed by atoms with Crippen LogP contribution in [0.1, 0.15) is 16.8 Å². The maximum absolute atomic E-state index is 11.2. The molecule has 1 amide bonds. The predicted molar refractivity (Wildman–Crippen MR) is 52.4 cm³/mol. The zero-order valence-electron chi connectivity index (χ0n) is 8.38. The molecule has 1 heterocycles. The van der Waals surface area contributed by atoms with Crippen molar-refractivity contribution in [1.82, 2.24) is 15.1 Å². The van der Waals surface area contributed by atoms with Crippen LogP contribution < -0.4 is 5.32 Å². The largest absolute Gasteiger partial charge is 0.478 e. The molecule has 0 aliphatic heterocycles. The summed E-state index contributed by atoms with van der Waals surface area (Å²) in [5.41, 5.74) is 0.0322. The number of aromatic nitrogens is 2. The quantitative estimate of drug-likeness (QED) is 0.659. The lowest BCUT2D eigenvalue weighted by atomic mass is 10.4. The second kappa shape index (κ2) is 5.50. The average Bonchev–Trinajstić information content (AvgIpc) is 2.66. The van der Waals surface area contributed by atoms with Crippen LogP contribution >= 0.6 is 0 Å². The fourth-order valence-electron chi connectivity index (χ4n) is 1.02. The van der Waals surface area contributed by atoms with E-state index in [1.54, 1.807) is 0 Å².